The highest BCUT2D eigenvalue weighted by Gasteiger charge is 2.23. The monoisotopic (exact) mass is 946 g/mol. The molecular weight excluding hydrogens is 897 g/mol. The highest BCUT2D eigenvalue weighted by atomic mass is 15.2. The summed E-state index contributed by atoms with van der Waals surface area (Å²) in [5.74, 6) is 1.70. The zero-order chi connectivity index (χ0) is 49.5. The first-order valence-corrected chi connectivity index (χ1v) is 25.3. The third kappa shape index (κ3) is 8.28. The summed E-state index contributed by atoms with van der Waals surface area (Å²) in [5, 5.41) is 6.78. The smallest absolute Gasteiger partial charge is 0.138 e. The molecule has 13 aromatic rings. The number of anilines is 6. The lowest BCUT2D eigenvalue weighted by molar-refractivity contribution is 1.21. The molecule has 4 heteroatoms. The van der Waals surface area contributed by atoms with Crippen molar-refractivity contribution in [3.8, 4) is 44.5 Å². The van der Waals surface area contributed by atoms with E-state index in [0.29, 0.717) is 0 Å². The molecule has 0 saturated heterocycles. The van der Waals surface area contributed by atoms with Crippen LogP contribution in [0.2, 0.25) is 0 Å². The summed E-state index contributed by atoms with van der Waals surface area (Å²) >= 11 is 0. The van der Waals surface area contributed by atoms with Crippen molar-refractivity contribution in [2.24, 2.45) is 0 Å². The Kier molecular flexibility index (Phi) is 11.3. The van der Waals surface area contributed by atoms with Crippen LogP contribution in [-0.2, 0) is 0 Å². The van der Waals surface area contributed by atoms with Gasteiger partial charge in [-0.25, -0.2) is 9.97 Å². The van der Waals surface area contributed by atoms with Gasteiger partial charge in [-0.3, -0.25) is 9.80 Å². The van der Waals surface area contributed by atoms with Gasteiger partial charge in [0.15, 0.2) is 0 Å². The van der Waals surface area contributed by atoms with E-state index in [0.717, 1.165) is 100.0 Å². The van der Waals surface area contributed by atoms with Crippen LogP contribution in [0.1, 0.15) is 11.1 Å². The van der Waals surface area contributed by atoms with Crippen molar-refractivity contribution in [3.05, 3.63) is 278 Å². The summed E-state index contributed by atoms with van der Waals surface area (Å²) < 4.78 is 0. The molecule has 0 bridgehead atoms. The summed E-state index contributed by atoms with van der Waals surface area (Å²) in [6.07, 6.45) is 0. The van der Waals surface area contributed by atoms with Crippen LogP contribution in [0.3, 0.4) is 0 Å². The molecular formula is C70H50N4. The number of aromatic nitrogens is 2. The minimum Gasteiger partial charge on any atom is -0.295 e. The third-order valence-corrected chi connectivity index (χ3v) is 14.4. The van der Waals surface area contributed by atoms with Crippen molar-refractivity contribution in [1.82, 2.24) is 9.97 Å². The molecule has 0 amide bonds. The SMILES string of the molecule is Cc1ccc(N(c2ccc3c(-c4ccc(-c5ccccc5)cc4)c4cc(N(c5ccc(C)cc5)c5ccc6ccccc6n5)ccc4c(-c4ccc(-c5ccccc5)cc4)c3c2)c2ccc3ccccc3n2)cc1. The number of nitrogens with zero attached hydrogens (tertiary/aromatic N) is 4. The summed E-state index contributed by atoms with van der Waals surface area (Å²) in [6, 6.07) is 96.3. The van der Waals surface area contributed by atoms with Gasteiger partial charge in [0.2, 0.25) is 0 Å². The van der Waals surface area contributed by atoms with Crippen molar-refractivity contribution in [2.75, 3.05) is 9.80 Å². The second kappa shape index (κ2) is 18.8. The fourth-order valence-corrected chi connectivity index (χ4v) is 10.6. The Labute approximate surface area is 431 Å². The molecule has 74 heavy (non-hydrogen) atoms. The van der Waals surface area contributed by atoms with Crippen LogP contribution in [0.15, 0.2) is 267 Å². The quantitative estimate of drug-likeness (QED) is 0.128. The summed E-state index contributed by atoms with van der Waals surface area (Å²) in [6.45, 7) is 4.27. The minimum absolute atomic E-state index is 0.848. The molecule has 13 rings (SSSR count). The molecule has 0 saturated carbocycles. The largest absolute Gasteiger partial charge is 0.295 e. The lowest BCUT2D eigenvalue weighted by Crippen LogP contribution is -2.12. The van der Waals surface area contributed by atoms with Gasteiger partial charge in [-0.05, 0) is 165 Å². The van der Waals surface area contributed by atoms with Crippen LogP contribution in [-0.4, -0.2) is 9.97 Å². The Hall–Kier alpha value is -9.64. The van der Waals surface area contributed by atoms with Crippen LogP contribution in [0, 0.1) is 13.8 Å². The molecule has 0 N–H and O–H groups in total. The van der Waals surface area contributed by atoms with Gasteiger partial charge in [-0.15, -0.1) is 0 Å². The molecule has 0 aliphatic rings. The number of aryl methyl sites for hydroxylation is 2. The van der Waals surface area contributed by atoms with Crippen molar-refractivity contribution in [2.45, 2.75) is 13.8 Å². The second-order valence-corrected chi connectivity index (χ2v) is 19.2. The van der Waals surface area contributed by atoms with Gasteiger partial charge in [-0.1, -0.05) is 193 Å². The third-order valence-electron chi connectivity index (χ3n) is 14.4. The molecule has 350 valence electrons. The zero-order valence-corrected chi connectivity index (χ0v) is 41.2. The molecule has 0 spiro atoms. The van der Waals surface area contributed by atoms with E-state index in [1.807, 2.05) is 0 Å². The minimum atomic E-state index is 0.848. The maximum atomic E-state index is 5.31. The molecule has 0 unspecified atom stereocenters. The first-order valence-electron chi connectivity index (χ1n) is 25.3. The topological polar surface area (TPSA) is 32.3 Å². The Morgan fingerprint density at radius 3 is 1.00 bits per heavy atom. The predicted molar refractivity (Wildman–Crippen MR) is 313 cm³/mol. The van der Waals surface area contributed by atoms with Gasteiger partial charge in [0.25, 0.3) is 0 Å². The number of fused-ring (bicyclic) bond motifs is 4. The van der Waals surface area contributed by atoms with Crippen LogP contribution in [0.4, 0.5) is 34.4 Å². The summed E-state index contributed by atoms with van der Waals surface area (Å²) in [5.41, 5.74) is 17.7. The van der Waals surface area contributed by atoms with E-state index in [-0.39, 0.29) is 0 Å². The van der Waals surface area contributed by atoms with Crippen LogP contribution in [0.5, 0.6) is 0 Å². The van der Waals surface area contributed by atoms with Crippen LogP contribution < -0.4 is 9.80 Å². The molecule has 0 aliphatic carbocycles. The second-order valence-electron chi connectivity index (χ2n) is 19.2. The number of pyridine rings is 2. The highest BCUT2D eigenvalue weighted by molar-refractivity contribution is 6.23. The molecule has 0 aliphatic heterocycles. The number of hydrogen-bond donors (Lipinski definition) is 0. The average Bonchev–Trinajstić information content (AvgIpc) is 3.46. The molecule has 0 fully saturated rings. The van der Waals surface area contributed by atoms with Gasteiger partial charge in [0, 0.05) is 33.5 Å². The van der Waals surface area contributed by atoms with E-state index in [1.54, 1.807) is 0 Å². The highest BCUT2D eigenvalue weighted by Crippen LogP contribution is 2.49. The van der Waals surface area contributed by atoms with E-state index in [1.165, 1.54) is 33.4 Å². The Morgan fingerprint density at radius 1 is 0.257 bits per heavy atom. The van der Waals surface area contributed by atoms with Crippen molar-refractivity contribution >= 4 is 77.7 Å². The number of benzene rings is 11. The molecule has 0 radical (unpaired) electrons. The van der Waals surface area contributed by atoms with Crippen molar-refractivity contribution < 1.29 is 0 Å². The molecule has 0 atom stereocenters. The number of hydrogen-bond acceptors (Lipinski definition) is 4. The fraction of sp³-hybridized carbons (Fsp3) is 0.0286. The van der Waals surface area contributed by atoms with E-state index >= 15 is 0 Å². The average molecular weight is 947 g/mol. The van der Waals surface area contributed by atoms with Gasteiger partial charge in [-0.2, -0.15) is 0 Å². The normalized spacial score (nSPS) is 11.4. The van der Waals surface area contributed by atoms with Crippen LogP contribution in [0.25, 0.3) is 87.9 Å². The van der Waals surface area contributed by atoms with Gasteiger partial charge in [0.1, 0.15) is 11.6 Å². The molecule has 11 aromatic carbocycles. The summed E-state index contributed by atoms with van der Waals surface area (Å²) in [4.78, 5) is 15.2. The Morgan fingerprint density at radius 2 is 0.595 bits per heavy atom. The van der Waals surface area contributed by atoms with Crippen molar-refractivity contribution in [1.29, 1.82) is 0 Å². The Bertz CT molecular complexity index is 3900. The lowest BCUT2D eigenvalue weighted by Gasteiger charge is -2.27. The number of rotatable bonds is 10. The number of para-hydroxylation sites is 2. The standard InChI is InChI=1S/C70H50N4/c1-47-21-35-57(36-22-47)73(67-43-33-53-17-9-11-19-65(53)71-67)59-39-41-61-63(45-59)69(55-29-25-51(26-30-55)49-13-5-3-6-14-49)62-42-40-60(46-64(62)70(61)56-31-27-52(28-32-56)50-15-7-4-8-16-50)74(58-37-23-48(2)24-38-58)68-44-34-54-18-10-12-20-66(54)72-68/h3-46H,1-2H3. The molecule has 4 nitrogen and oxygen atoms in total. The van der Waals surface area contributed by atoms with E-state index in [4.69, 9.17) is 9.97 Å². The maximum Gasteiger partial charge on any atom is 0.138 e. The van der Waals surface area contributed by atoms with E-state index in [9.17, 15) is 0 Å². The van der Waals surface area contributed by atoms with Gasteiger partial charge in [0.05, 0.1) is 11.0 Å². The lowest BCUT2D eigenvalue weighted by atomic mass is 9.84. The van der Waals surface area contributed by atoms with Gasteiger partial charge >= 0.3 is 0 Å². The van der Waals surface area contributed by atoms with E-state index < -0.39 is 0 Å². The van der Waals surface area contributed by atoms with Gasteiger partial charge < -0.3 is 0 Å². The first kappa shape index (κ1) is 44.3. The van der Waals surface area contributed by atoms with E-state index in [2.05, 4.69) is 291 Å². The molecule has 2 aromatic heterocycles. The van der Waals surface area contributed by atoms with Crippen molar-refractivity contribution in [3.63, 3.8) is 0 Å². The fourth-order valence-electron chi connectivity index (χ4n) is 10.6. The Balaban J connectivity index is 1.10. The first-order chi connectivity index (χ1) is 36.5. The summed E-state index contributed by atoms with van der Waals surface area (Å²) in [7, 11) is 0. The predicted octanol–water partition coefficient (Wildman–Crippen LogP) is 19.3. The zero-order valence-electron chi connectivity index (χ0n) is 41.2. The van der Waals surface area contributed by atoms with Crippen LogP contribution >= 0.6 is 0 Å². The maximum absolute atomic E-state index is 5.31. The molecule has 2 heterocycles.